The van der Waals surface area contributed by atoms with E-state index in [4.69, 9.17) is 4.74 Å². The van der Waals surface area contributed by atoms with Crippen molar-refractivity contribution in [3.63, 3.8) is 0 Å². The van der Waals surface area contributed by atoms with Crippen molar-refractivity contribution in [1.29, 1.82) is 0 Å². The molecule has 0 saturated carbocycles. The van der Waals surface area contributed by atoms with Gasteiger partial charge in [0.1, 0.15) is 5.60 Å². The highest BCUT2D eigenvalue weighted by molar-refractivity contribution is 5.81. The van der Waals surface area contributed by atoms with E-state index in [9.17, 15) is 9.59 Å². The van der Waals surface area contributed by atoms with E-state index >= 15 is 0 Å². The van der Waals surface area contributed by atoms with Crippen molar-refractivity contribution >= 4 is 17.6 Å². The fourth-order valence-corrected chi connectivity index (χ4v) is 3.41. The lowest BCUT2D eigenvalue weighted by atomic mass is 10.1. The normalized spacial score (nSPS) is 18.3. The second-order valence-corrected chi connectivity index (χ2v) is 8.25. The molecule has 1 N–H and O–H groups in total. The molecule has 1 aliphatic heterocycles. The number of likely N-dealkylation sites (tertiary alicyclic amines) is 1. The first-order chi connectivity index (χ1) is 13.3. The Balaban J connectivity index is 1.66. The summed E-state index contributed by atoms with van der Waals surface area (Å²) in [6.07, 6.45) is 3.84. The van der Waals surface area contributed by atoms with E-state index in [-0.39, 0.29) is 24.0 Å². The molecule has 0 radical (unpaired) electrons. The van der Waals surface area contributed by atoms with Gasteiger partial charge in [-0.15, -0.1) is 10.2 Å². The summed E-state index contributed by atoms with van der Waals surface area (Å²) in [7, 11) is 0. The number of hydrogen-bond acceptors (Lipinski definition) is 5. The highest BCUT2D eigenvalue weighted by Gasteiger charge is 2.34. The summed E-state index contributed by atoms with van der Waals surface area (Å²) < 4.78 is 7.32. The number of pyridine rings is 1. The minimum absolute atomic E-state index is 0.0582. The Labute approximate surface area is 165 Å². The van der Waals surface area contributed by atoms with E-state index in [1.54, 1.807) is 4.90 Å². The molecular formula is C20H29N5O3. The molecule has 2 aromatic rings. The molecule has 1 saturated heterocycles. The second-order valence-electron chi connectivity index (χ2n) is 8.25. The van der Waals surface area contributed by atoms with Crippen LogP contribution in [0.4, 0.5) is 4.79 Å². The lowest BCUT2D eigenvalue weighted by Gasteiger charge is -2.24. The van der Waals surface area contributed by atoms with E-state index in [1.165, 1.54) is 0 Å². The number of amides is 2. The van der Waals surface area contributed by atoms with Gasteiger partial charge in [0.25, 0.3) is 0 Å². The molecule has 3 rings (SSSR count). The highest BCUT2D eigenvalue weighted by atomic mass is 16.6. The topological polar surface area (TPSA) is 88.8 Å². The molecule has 28 heavy (non-hydrogen) atoms. The molecule has 2 amide bonds. The number of carbonyl (C=O) groups excluding carboxylic acids is 2. The first-order valence-corrected chi connectivity index (χ1v) is 9.86. The van der Waals surface area contributed by atoms with Crippen molar-refractivity contribution in [3.8, 4) is 0 Å². The van der Waals surface area contributed by atoms with Crippen molar-refractivity contribution in [1.82, 2.24) is 24.8 Å². The fourth-order valence-electron chi connectivity index (χ4n) is 3.41. The number of ether oxygens (including phenoxy) is 1. The van der Waals surface area contributed by atoms with E-state index in [0.717, 1.165) is 24.3 Å². The predicted molar refractivity (Wildman–Crippen MR) is 105 cm³/mol. The number of nitrogens with zero attached hydrogens (tertiary/aromatic N) is 4. The van der Waals surface area contributed by atoms with Gasteiger partial charge in [0.15, 0.2) is 11.5 Å². The van der Waals surface area contributed by atoms with Gasteiger partial charge in [0.2, 0.25) is 5.91 Å². The van der Waals surface area contributed by atoms with Crippen molar-refractivity contribution in [2.24, 2.45) is 5.92 Å². The predicted octanol–water partition coefficient (Wildman–Crippen LogP) is 2.94. The van der Waals surface area contributed by atoms with Crippen LogP contribution < -0.4 is 5.32 Å². The highest BCUT2D eigenvalue weighted by Crippen LogP contribution is 2.23. The summed E-state index contributed by atoms with van der Waals surface area (Å²) in [5.41, 5.74) is 0.211. The van der Waals surface area contributed by atoms with Crippen molar-refractivity contribution in [2.45, 2.75) is 58.6 Å². The Morgan fingerprint density at radius 1 is 1.32 bits per heavy atom. The Morgan fingerprint density at radius 3 is 2.82 bits per heavy atom. The van der Waals surface area contributed by atoms with Crippen molar-refractivity contribution in [3.05, 3.63) is 30.2 Å². The van der Waals surface area contributed by atoms with Crippen LogP contribution in [-0.4, -0.2) is 50.2 Å². The maximum absolute atomic E-state index is 12.9. The summed E-state index contributed by atoms with van der Waals surface area (Å²) in [4.78, 5) is 26.7. The minimum Gasteiger partial charge on any atom is -0.444 e. The lowest BCUT2D eigenvalue weighted by molar-refractivity contribution is -0.125. The molecule has 2 aromatic heterocycles. The first kappa shape index (κ1) is 20.1. The average molecular weight is 387 g/mol. The molecule has 1 aliphatic rings. The van der Waals surface area contributed by atoms with E-state index < -0.39 is 5.60 Å². The minimum atomic E-state index is -0.543. The smallest absolute Gasteiger partial charge is 0.410 e. The average Bonchev–Trinajstić information content (AvgIpc) is 3.27. The number of fused-ring (bicyclic) bond motifs is 1. The molecule has 1 fully saturated rings. The quantitative estimate of drug-likeness (QED) is 0.852. The summed E-state index contributed by atoms with van der Waals surface area (Å²) in [6, 6.07) is 5.49. The zero-order valence-corrected chi connectivity index (χ0v) is 17.0. The van der Waals surface area contributed by atoms with Crippen molar-refractivity contribution in [2.75, 3.05) is 13.1 Å². The Hall–Kier alpha value is -2.64. The molecule has 0 spiro atoms. The van der Waals surface area contributed by atoms with Gasteiger partial charge < -0.3 is 15.0 Å². The van der Waals surface area contributed by atoms with Gasteiger partial charge in [0.05, 0.1) is 12.0 Å². The second kappa shape index (κ2) is 8.16. The standard InChI is InChI=1S/C20H29N5O3/c1-5-8-15(17-23-22-16-9-6-7-11-25(16)17)21-18(26)14-10-12-24(13-14)19(27)28-20(2,3)4/h6-7,9,11,14-15H,5,8,10,12-13H2,1-4H3,(H,21,26). The molecule has 2 atom stereocenters. The molecule has 8 heteroatoms. The molecule has 0 aromatic carbocycles. The lowest BCUT2D eigenvalue weighted by Crippen LogP contribution is -2.38. The molecule has 0 bridgehead atoms. The number of nitrogens with one attached hydrogen (secondary N) is 1. The Bertz CT molecular complexity index is 842. The van der Waals surface area contributed by atoms with Crippen molar-refractivity contribution < 1.29 is 14.3 Å². The van der Waals surface area contributed by atoms with E-state index in [1.807, 2.05) is 49.6 Å². The third-order valence-corrected chi connectivity index (χ3v) is 4.76. The van der Waals surface area contributed by atoms with Crippen LogP contribution in [-0.2, 0) is 9.53 Å². The molecule has 3 heterocycles. The van der Waals surface area contributed by atoms with Gasteiger partial charge in [-0.25, -0.2) is 4.79 Å². The monoisotopic (exact) mass is 387 g/mol. The molecule has 0 aliphatic carbocycles. The van der Waals surface area contributed by atoms with Gasteiger partial charge >= 0.3 is 6.09 Å². The first-order valence-electron chi connectivity index (χ1n) is 9.86. The number of hydrogen-bond donors (Lipinski definition) is 1. The van der Waals surface area contributed by atoms with Crippen LogP contribution in [0, 0.1) is 5.92 Å². The van der Waals surface area contributed by atoms with Crippen LogP contribution in [0.25, 0.3) is 5.65 Å². The van der Waals surface area contributed by atoms with Crippen LogP contribution in [0.5, 0.6) is 0 Å². The molecule has 8 nitrogen and oxygen atoms in total. The zero-order valence-electron chi connectivity index (χ0n) is 17.0. The molecular weight excluding hydrogens is 358 g/mol. The van der Waals surface area contributed by atoms with Crippen LogP contribution in [0.15, 0.2) is 24.4 Å². The van der Waals surface area contributed by atoms with Gasteiger partial charge in [-0.1, -0.05) is 19.4 Å². The Morgan fingerprint density at radius 2 is 2.11 bits per heavy atom. The summed E-state index contributed by atoms with van der Waals surface area (Å²) in [5.74, 6) is 0.427. The number of aromatic nitrogens is 3. The molecule has 2 unspecified atom stereocenters. The third kappa shape index (κ3) is 4.61. The number of carbonyl (C=O) groups is 2. The maximum atomic E-state index is 12.9. The van der Waals surface area contributed by atoms with Crippen LogP contribution in [0.1, 0.15) is 58.8 Å². The molecule has 152 valence electrons. The van der Waals surface area contributed by atoms with E-state index in [2.05, 4.69) is 22.4 Å². The van der Waals surface area contributed by atoms with Crippen LogP contribution in [0.3, 0.4) is 0 Å². The summed E-state index contributed by atoms with van der Waals surface area (Å²) in [5, 5.41) is 11.6. The van der Waals surface area contributed by atoms with Gasteiger partial charge in [-0.3, -0.25) is 9.20 Å². The van der Waals surface area contributed by atoms with Gasteiger partial charge in [0, 0.05) is 19.3 Å². The summed E-state index contributed by atoms with van der Waals surface area (Å²) in [6.45, 7) is 8.48. The van der Waals surface area contributed by atoms with Gasteiger partial charge in [-0.2, -0.15) is 0 Å². The van der Waals surface area contributed by atoms with E-state index in [0.29, 0.717) is 19.5 Å². The van der Waals surface area contributed by atoms with Crippen LogP contribution in [0.2, 0.25) is 0 Å². The maximum Gasteiger partial charge on any atom is 0.410 e. The third-order valence-electron chi connectivity index (χ3n) is 4.76. The zero-order chi connectivity index (χ0) is 20.3. The van der Waals surface area contributed by atoms with Crippen LogP contribution >= 0.6 is 0 Å². The largest absolute Gasteiger partial charge is 0.444 e. The van der Waals surface area contributed by atoms with Gasteiger partial charge in [-0.05, 0) is 45.7 Å². The fraction of sp³-hybridized carbons (Fsp3) is 0.600. The number of rotatable bonds is 5. The summed E-state index contributed by atoms with van der Waals surface area (Å²) >= 11 is 0. The Kier molecular flexibility index (Phi) is 5.86. The SMILES string of the molecule is CCCC(NC(=O)C1CCN(C(=O)OC(C)(C)C)C1)c1nnc2ccccn12.